The van der Waals surface area contributed by atoms with Crippen LogP contribution in [0.25, 0.3) is 0 Å². The van der Waals surface area contributed by atoms with Crippen molar-refractivity contribution in [2.24, 2.45) is 0 Å². The second kappa shape index (κ2) is 6.77. The molecule has 1 aromatic rings. The van der Waals surface area contributed by atoms with Gasteiger partial charge in [0.2, 0.25) is 0 Å². The van der Waals surface area contributed by atoms with Gasteiger partial charge in [-0.2, -0.15) is 0 Å². The zero-order valence-electron chi connectivity index (χ0n) is 10.1. The largest absolute Gasteiger partial charge is 0.398 e. The SMILES string of the molecule is COCC(CCO)Nc1cc(N)cc([N+](=O)[O-])c1. The number of ether oxygens (including phenoxy) is 1. The Balaban J connectivity index is 2.84. The Bertz CT molecular complexity index is 405. The fourth-order valence-electron chi connectivity index (χ4n) is 1.61. The third kappa shape index (κ3) is 4.19. The molecule has 1 atom stereocenters. The third-order valence-electron chi connectivity index (χ3n) is 2.37. The number of nitrogens with two attached hydrogens (primary N) is 1. The van der Waals surface area contributed by atoms with Gasteiger partial charge in [-0.15, -0.1) is 0 Å². The summed E-state index contributed by atoms with van der Waals surface area (Å²) in [6.45, 7) is 0.397. The Morgan fingerprint density at radius 3 is 2.83 bits per heavy atom. The number of hydrogen-bond acceptors (Lipinski definition) is 6. The summed E-state index contributed by atoms with van der Waals surface area (Å²) in [6, 6.07) is 4.17. The summed E-state index contributed by atoms with van der Waals surface area (Å²) in [5.74, 6) is 0. The number of benzene rings is 1. The Hall–Kier alpha value is -1.86. The van der Waals surface area contributed by atoms with Gasteiger partial charge in [0.05, 0.1) is 17.6 Å². The van der Waals surface area contributed by atoms with E-state index in [-0.39, 0.29) is 18.3 Å². The average molecular weight is 255 g/mol. The van der Waals surface area contributed by atoms with Crippen LogP contribution in [0, 0.1) is 10.1 Å². The number of methoxy groups -OCH3 is 1. The van der Waals surface area contributed by atoms with Crippen molar-refractivity contribution in [2.75, 3.05) is 31.4 Å². The van der Waals surface area contributed by atoms with Crippen LogP contribution in [0.2, 0.25) is 0 Å². The predicted molar refractivity (Wildman–Crippen MR) is 68.5 cm³/mol. The van der Waals surface area contributed by atoms with Crippen LogP contribution in [-0.4, -0.2) is 36.4 Å². The van der Waals surface area contributed by atoms with Gasteiger partial charge in [-0.25, -0.2) is 0 Å². The molecule has 100 valence electrons. The van der Waals surface area contributed by atoms with Gasteiger partial charge in [0, 0.05) is 37.2 Å². The molecule has 0 amide bonds. The molecule has 0 saturated heterocycles. The average Bonchev–Trinajstić information content (AvgIpc) is 2.28. The summed E-state index contributed by atoms with van der Waals surface area (Å²) in [5, 5.41) is 22.7. The number of hydrogen-bond donors (Lipinski definition) is 3. The summed E-state index contributed by atoms with van der Waals surface area (Å²) in [4.78, 5) is 10.2. The van der Waals surface area contributed by atoms with Crippen molar-refractivity contribution < 1.29 is 14.8 Å². The molecule has 0 aromatic heterocycles. The molecule has 0 radical (unpaired) electrons. The third-order valence-corrected chi connectivity index (χ3v) is 2.37. The van der Waals surface area contributed by atoms with Gasteiger partial charge >= 0.3 is 0 Å². The molecule has 0 aliphatic heterocycles. The second-order valence-corrected chi connectivity index (χ2v) is 3.88. The minimum atomic E-state index is -0.501. The summed E-state index contributed by atoms with van der Waals surface area (Å²) < 4.78 is 5.00. The Morgan fingerprint density at radius 2 is 2.28 bits per heavy atom. The Kier molecular flexibility index (Phi) is 5.34. The lowest BCUT2D eigenvalue weighted by atomic mass is 10.2. The minimum absolute atomic E-state index is 0.00539. The number of anilines is 2. The number of nitro groups is 1. The van der Waals surface area contributed by atoms with Crippen LogP contribution in [0.4, 0.5) is 17.1 Å². The smallest absolute Gasteiger partial charge is 0.273 e. The topological polar surface area (TPSA) is 111 Å². The van der Waals surface area contributed by atoms with Gasteiger partial charge < -0.3 is 20.9 Å². The van der Waals surface area contributed by atoms with E-state index >= 15 is 0 Å². The normalized spacial score (nSPS) is 12.1. The fourth-order valence-corrected chi connectivity index (χ4v) is 1.61. The Labute approximate surface area is 105 Å². The number of aliphatic hydroxyl groups excluding tert-OH is 1. The number of nitrogens with one attached hydrogen (secondary N) is 1. The van der Waals surface area contributed by atoms with Crippen LogP contribution < -0.4 is 11.1 Å². The monoisotopic (exact) mass is 255 g/mol. The van der Waals surface area contributed by atoms with E-state index in [0.717, 1.165) is 0 Å². The molecule has 7 nitrogen and oxygen atoms in total. The van der Waals surface area contributed by atoms with Crippen molar-refractivity contribution >= 4 is 17.1 Å². The van der Waals surface area contributed by atoms with Crippen LogP contribution in [0.15, 0.2) is 18.2 Å². The maximum absolute atomic E-state index is 10.7. The van der Waals surface area contributed by atoms with E-state index < -0.39 is 4.92 Å². The van der Waals surface area contributed by atoms with Crippen LogP contribution in [-0.2, 0) is 4.74 Å². The highest BCUT2D eigenvalue weighted by molar-refractivity contribution is 5.61. The standard InChI is InChI=1S/C11H17N3O4/c1-18-7-9(2-3-15)13-10-4-8(12)5-11(6-10)14(16)17/h4-6,9,13,15H,2-3,7,12H2,1H3. The van der Waals surface area contributed by atoms with E-state index in [4.69, 9.17) is 15.6 Å². The van der Waals surface area contributed by atoms with Gasteiger partial charge in [0.1, 0.15) is 0 Å². The van der Waals surface area contributed by atoms with E-state index in [1.54, 1.807) is 13.2 Å². The highest BCUT2D eigenvalue weighted by Crippen LogP contribution is 2.23. The summed E-state index contributed by atoms with van der Waals surface area (Å²) in [7, 11) is 1.55. The highest BCUT2D eigenvalue weighted by atomic mass is 16.6. The van der Waals surface area contributed by atoms with E-state index in [0.29, 0.717) is 24.4 Å². The zero-order valence-corrected chi connectivity index (χ0v) is 10.1. The first-order valence-electron chi connectivity index (χ1n) is 5.48. The number of nitro benzene ring substituents is 1. The second-order valence-electron chi connectivity index (χ2n) is 3.88. The lowest BCUT2D eigenvalue weighted by molar-refractivity contribution is -0.384. The van der Waals surface area contributed by atoms with Gasteiger partial charge in [-0.3, -0.25) is 10.1 Å². The van der Waals surface area contributed by atoms with Gasteiger partial charge in [0.25, 0.3) is 5.69 Å². The molecule has 0 spiro atoms. The molecule has 0 fully saturated rings. The van der Waals surface area contributed by atoms with Crippen molar-refractivity contribution in [3.8, 4) is 0 Å². The molecule has 0 saturated carbocycles. The molecular formula is C11H17N3O4. The first-order chi connectivity index (χ1) is 8.56. The van der Waals surface area contributed by atoms with Gasteiger partial charge in [-0.1, -0.05) is 0 Å². The number of rotatable bonds is 7. The van der Waals surface area contributed by atoms with E-state index in [9.17, 15) is 10.1 Å². The zero-order chi connectivity index (χ0) is 13.5. The minimum Gasteiger partial charge on any atom is -0.398 e. The molecule has 1 rings (SSSR count). The number of nitrogens with zero attached hydrogens (tertiary/aromatic N) is 1. The van der Waals surface area contributed by atoms with Crippen LogP contribution in [0.5, 0.6) is 0 Å². The fraction of sp³-hybridized carbons (Fsp3) is 0.455. The molecule has 0 bridgehead atoms. The van der Waals surface area contributed by atoms with Gasteiger partial charge in [0.15, 0.2) is 0 Å². The quantitative estimate of drug-likeness (QED) is 0.380. The van der Waals surface area contributed by atoms with E-state index in [1.807, 2.05) is 0 Å². The van der Waals surface area contributed by atoms with Crippen molar-refractivity contribution in [3.63, 3.8) is 0 Å². The number of non-ortho nitro benzene ring substituents is 1. The summed E-state index contributed by atoms with van der Waals surface area (Å²) in [5.41, 5.74) is 6.38. The van der Waals surface area contributed by atoms with Gasteiger partial charge in [-0.05, 0) is 12.5 Å². The molecule has 7 heteroatoms. The lowest BCUT2D eigenvalue weighted by Crippen LogP contribution is -2.26. The maximum Gasteiger partial charge on any atom is 0.273 e. The summed E-state index contributed by atoms with van der Waals surface area (Å²) >= 11 is 0. The van der Waals surface area contributed by atoms with Crippen molar-refractivity contribution in [1.29, 1.82) is 0 Å². The van der Waals surface area contributed by atoms with E-state index in [2.05, 4.69) is 5.32 Å². The first kappa shape index (κ1) is 14.2. The molecular weight excluding hydrogens is 238 g/mol. The number of aliphatic hydroxyl groups is 1. The maximum atomic E-state index is 10.7. The lowest BCUT2D eigenvalue weighted by Gasteiger charge is -2.18. The van der Waals surface area contributed by atoms with Crippen molar-refractivity contribution in [2.45, 2.75) is 12.5 Å². The summed E-state index contributed by atoms with van der Waals surface area (Å²) in [6.07, 6.45) is 0.483. The molecule has 0 aliphatic rings. The Morgan fingerprint density at radius 1 is 1.56 bits per heavy atom. The molecule has 1 unspecified atom stereocenters. The van der Waals surface area contributed by atoms with E-state index in [1.165, 1.54) is 12.1 Å². The number of nitrogen functional groups attached to an aromatic ring is 1. The first-order valence-corrected chi connectivity index (χ1v) is 5.48. The molecule has 18 heavy (non-hydrogen) atoms. The molecule has 0 heterocycles. The molecule has 4 N–H and O–H groups in total. The van der Waals surface area contributed by atoms with Crippen molar-refractivity contribution in [3.05, 3.63) is 28.3 Å². The van der Waals surface area contributed by atoms with Crippen LogP contribution in [0.3, 0.4) is 0 Å². The highest BCUT2D eigenvalue weighted by Gasteiger charge is 2.12. The molecule has 1 aromatic carbocycles. The van der Waals surface area contributed by atoms with Crippen LogP contribution >= 0.6 is 0 Å². The molecule has 0 aliphatic carbocycles. The van der Waals surface area contributed by atoms with Crippen LogP contribution in [0.1, 0.15) is 6.42 Å². The predicted octanol–water partition coefficient (Wildman–Crippen LogP) is 0.986. The van der Waals surface area contributed by atoms with Crippen molar-refractivity contribution in [1.82, 2.24) is 0 Å².